The van der Waals surface area contributed by atoms with Crippen LogP contribution in [0.4, 0.5) is 5.69 Å². The zero-order valence-electron chi connectivity index (χ0n) is 14.9. The largest absolute Gasteiger partial charge is 0.486 e. The molecule has 1 aliphatic heterocycles. The number of fused-ring (bicyclic) bond motifs is 1. The van der Waals surface area contributed by atoms with E-state index in [2.05, 4.69) is 5.32 Å². The van der Waals surface area contributed by atoms with Gasteiger partial charge in [-0.3, -0.25) is 9.59 Å². The highest BCUT2D eigenvalue weighted by atomic mass is 32.1. The number of ether oxygens (including phenoxy) is 2. The highest BCUT2D eigenvalue weighted by Gasteiger charge is 2.21. The maximum Gasteiger partial charge on any atom is 0.264 e. The minimum absolute atomic E-state index is 0.00479. The van der Waals surface area contributed by atoms with Gasteiger partial charge < -0.3 is 19.7 Å². The number of nitrogens with one attached hydrogen (secondary N) is 1. The van der Waals surface area contributed by atoms with Gasteiger partial charge in [-0.2, -0.15) is 0 Å². The lowest BCUT2D eigenvalue weighted by Gasteiger charge is -2.21. The molecule has 0 bridgehead atoms. The molecule has 1 aliphatic rings. The molecule has 2 heterocycles. The number of thiophene rings is 1. The summed E-state index contributed by atoms with van der Waals surface area (Å²) in [7, 11) is 0. The van der Waals surface area contributed by atoms with Gasteiger partial charge in [-0.25, -0.2) is 0 Å². The van der Waals surface area contributed by atoms with Gasteiger partial charge in [0, 0.05) is 18.3 Å². The fourth-order valence-corrected chi connectivity index (χ4v) is 3.73. The Balaban J connectivity index is 1.65. The molecule has 0 fully saturated rings. The number of carbonyl (C=O) groups is 2. The third kappa shape index (κ3) is 3.99. The summed E-state index contributed by atoms with van der Waals surface area (Å²) in [5.41, 5.74) is 1.64. The van der Waals surface area contributed by atoms with Crippen LogP contribution in [0, 0.1) is 0 Å². The van der Waals surface area contributed by atoms with Crippen molar-refractivity contribution in [3.63, 3.8) is 0 Å². The number of likely N-dealkylation sites (N-methyl/N-ethyl adjacent to an activating group) is 1. The maximum absolute atomic E-state index is 12.7. The van der Waals surface area contributed by atoms with Crippen molar-refractivity contribution in [1.82, 2.24) is 4.90 Å². The van der Waals surface area contributed by atoms with Gasteiger partial charge in [0.1, 0.15) is 19.8 Å². The summed E-state index contributed by atoms with van der Waals surface area (Å²) in [5.74, 6) is 0.941. The molecule has 0 radical (unpaired) electrons. The Hall–Kier alpha value is -2.54. The molecule has 0 saturated carbocycles. The van der Waals surface area contributed by atoms with Crippen LogP contribution in [0.15, 0.2) is 29.6 Å². The van der Waals surface area contributed by atoms with Crippen LogP contribution in [-0.2, 0) is 11.2 Å². The van der Waals surface area contributed by atoms with E-state index in [1.54, 1.807) is 23.1 Å². The SMILES string of the molecule is CCc1ccsc1C(=O)N(CC)CC(=O)Nc1ccc2c(c1)OCCO2. The molecule has 7 heteroatoms. The van der Waals surface area contributed by atoms with Gasteiger partial charge in [0.2, 0.25) is 5.91 Å². The number of benzene rings is 1. The predicted molar refractivity (Wildman–Crippen MR) is 101 cm³/mol. The zero-order chi connectivity index (χ0) is 18.5. The van der Waals surface area contributed by atoms with E-state index in [-0.39, 0.29) is 18.4 Å². The van der Waals surface area contributed by atoms with Crippen molar-refractivity contribution in [1.29, 1.82) is 0 Å². The Morgan fingerprint density at radius 1 is 1.15 bits per heavy atom. The number of anilines is 1. The molecule has 3 rings (SSSR count). The van der Waals surface area contributed by atoms with Crippen LogP contribution in [0.25, 0.3) is 0 Å². The first-order valence-corrected chi connectivity index (χ1v) is 9.55. The number of aryl methyl sites for hydroxylation is 1. The molecule has 138 valence electrons. The van der Waals surface area contributed by atoms with Crippen molar-refractivity contribution in [2.24, 2.45) is 0 Å². The number of amides is 2. The predicted octanol–water partition coefficient (Wildman–Crippen LogP) is 3.18. The van der Waals surface area contributed by atoms with Crippen molar-refractivity contribution in [2.75, 3.05) is 31.6 Å². The Morgan fingerprint density at radius 3 is 2.65 bits per heavy atom. The lowest BCUT2D eigenvalue weighted by atomic mass is 10.2. The minimum atomic E-state index is -0.244. The van der Waals surface area contributed by atoms with E-state index in [0.29, 0.717) is 41.8 Å². The highest BCUT2D eigenvalue weighted by Crippen LogP contribution is 2.32. The molecule has 0 saturated heterocycles. The van der Waals surface area contributed by atoms with Gasteiger partial charge in [0.15, 0.2) is 11.5 Å². The molecule has 1 aromatic carbocycles. The van der Waals surface area contributed by atoms with Gasteiger partial charge in [-0.15, -0.1) is 11.3 Å². The average Bonchev–Trinajstić information content (AvgIpc) is 3.14. The molecule has 2 amide bonds. The number of rotatable bonds is 6. The molecular weight excluding hydrogens is 352 g/mol. The van der Waals surface area contributed by atoms with Crippen molar-refractivity contribution in [2.45, 2.75) is 20.3 Å². The van der Waals surface area contributed by atoms with Crippen molar-refractivity contribution in [3.05, 3.63) is 40.1 Å². The van der Waals surface area contributed by atoms with Gasteiger partial charge in [0.25, 0.3) is 5.91 Å². The summed E-state index contributed by atoms with van der Waals surface area (Å²) in [6.07, 6.45) is 0.797. The summed E-state index contributed by atoms with van der Waals surface area (Å²) in [6, 6.07) is 7.23. The molecule has 0 aliphatic carbocycles. The quantitative estimate of drug-likeness (QED) is 0.843. The summed E-state index contributed by atoms with van der Waals surface area (Å²) >= 11 is 1.42. The van der Waals surface area contributed by atoms with Gasteiger partial charge in [0.05, 0.1) is 4.88 Å². The van der Waals surface area contributed by atoms with E-state index in [1.807, 2.05) is 25.3 Å². The van der Waals surface area contributed by atoms with Crippen LogP contribution in [-0.4, -0.2) is 43.0 Å². The lowest BCUT2D eigenvalue weighted by Crippen LogP contribution is -2.37. The average molecular weight is 374 g/mol. The van der Waals surface area contributed by atoms with E-state index in [9.17, 15) is 9.59 Å². The smallest absolute Gasteiger partial charge is 0.264 e. The summed E-state index contributed by atoms with van der Waals surface area (Å²) < 4.78 is 11.0. The Labute approximate surface area is 156 Å². The van der Waals surface area contributed by atoms with E-state index < -0.39 is 0 Å². The van der Waals surface area contributed by atoms with Crippen LogP contribution in [0.5, 0.6) is 11.5 Å². The molecule has 1 N–H and O–H groups in total. The molecule has 0 atom stereocenters. The van der Waals surface area contributed by atoms with Crippen LogP contribution in [0.3, 0.4) is 0 Å². The molecule has 0 unspecified atom stereocenters. The molecule has 6 nitrogen and oxygen atoms in total. The fourth-order valence-electron chi connectivity index (χ4n) is 2.77. The number of hydrogen-bond acceptors (Lipinski definition) is 5. The third-order valence-electron chi connectivity index (χ3n) is 4.15. The zero-order valence-corrected chi connectivity index (χ0v) is 15.7. The van der Waals surface area contributed by atoms with Crippen LogP contribution in [0.2, 0.25) is 0 Å². The fraction of sp³-hybridized carbons (Fsp3) is 0.368. The topological polar surface area (TPSA) is 67.9 Å². The van der Waals surface area contributed by atoms with Crippen molar-refractivity contribution in [3.8, 4) is 11.5 Å². The molecule has 0 spiro atoms. The maximum atomic E-state index is 12.7. The first-order valence-electron chi connectivity index (χ1n) is 8.67. The van der Waals surface area contributed by atoms with Crippen molar-refractivity contribution < 1.29 is 19.1 Å². The van der Waals surface area contributed by atoms with E-state index in [1.165, 1.54) is 11.3 Å². The van der Waals surface area contributed by atoms with E-state index in [0.717, 1.165) is 12.0 Å². The molecule has 26 heavy (non-hydrogen) atoms. The lowest BCUT2D eigenvalue weighted by molar-refractivity contribution is -0.116. The number of hydrogen-bond donors (Lipinski definition) is 1. The number of nitrogens with zero attached hydrogens (tertiary/aromatic N) is 1. The van der Waals surface area contributed by atoms with Crippen LogP contribution in [0.1, 0.15) is 29.1 Å². The molecule has 2 aromatic rings. The second-order valence-electron chi connectivity index (χ2n) is 5.85. The summed E-state index contributed by atoms with van der Waals surface area (Å²) in [6.45, 7) is 5.37. The third-order valence-corrected chi connectivity index (χ3v) is 5.10. The second kappa shape index (κ2) is 8.23. The first-order chi connectivity index (χ1) is 12.6. The highest BCUT2D eigenvalue weighted by molar-refractivity contribution is 7.12. The van der Waals surface area contributed by atoms with Crippen molar-refractivity contribution >= 4 is 28.8 Å². The number of carbonyl (C=O) groups excluding carboxylic acids is 2. The Bertz CT molecular complexity index is 803. The minimum Gasteiger partial charge on any atom is -0.486 e. The van der Waals surface area contributed by atoms with Gasteiger partial charge in [-0.05, 0) is 42.5 Å². The van der Waals surface area contributed by atoms with Gasteiger partial charge in [-0.1, -0.05) is 6.92 Å². The molecule has 1 aromatic heterocycles. The normalized spacial score (nSPS) is 12.5. The Morgan fingerprint density at radius 2 is 1.92 bits per heavy atom. The van der Waals surface area contributed by atoms with Gasteiger partial charge >= 0.3 is 0 Å². The second-order valence-corrected chi connectivity index (χ2v) is 6.77. The van der Waals surface area contributed by atoms with E-state index >= 15 is 0 Å². The monoisotopic (exact) mass is 374 g/mol. The van der Waals surface area contributed by atoms with Crippen LogP contribution < -0.4 is 14.8 Å². The van der Waals surface area contributed by atoms with Crippen LogP contribution >= 0.6 is 11.3 Å². The first kappa shape index (κ1) is 18.3. The summed E-state index contributed by atoms with van der Waals surface area (Å²) in [4.78, 5) is 27.4. The Kier molecular flexibility index (Phi) is 5.78. The summed E-state index contributed by atoms with van der Waals surface area (Å²) in [5, 5.41) is 4.73. The molecular formula is C19H22N2O4S. The standard InChI is InChI=1S/C19H22N2O4S/c1-3-13-7-10-26-18(13)19(23)21(4-2)12-17(22)20-14-5-6-15-16(11-14)25-9-8-24-15/h5-7,10-11H,3-4,8-9,12H2,1-2H3,(H,20,22). The van der Waals surface area contributed by atoms with E-state index in [4.69, 9.17) is 9.47 Å².